The van der Waals surface area contributed by atoms with E-state index in [2.05, 4.69) is 15.4 Å². The lowest BCUT2D eigenvalue weighted by Gasteiger charge is -2.10. The van der Waals surface area contributed by atoms with Gasteiger partial charge in [0.25, 0.3) is 0 Å². The van der Waals surface area contributed by atoms with Gasteiger partial charge < -0.3 is 9.47 Å². The average molecular weight is 281 g/mol. The molecule has 106 valence electrons. The third kappa shape index (κ3) is 2.58. The molecule has 0 saturated heterocycles. The monoisotopic (exact) mass is 281 g/mol. The molecule has 1 heterocycles. The molecule has 3 aromatic rings. The summed E-state index contributed by atoms with van der Waals surface area (Å²) in [6.07, 6.45) is 1.70. The van der Waals surface area contributed by atoms with E-state index in [0.717, 1.165) is 33.9 Å². The van der Waals surface area contributed by atoms with Crippen molar-refractivity contribution in [3.8, 4) is 33.9 Å². The molecule has 0 aliphatic heterocycles. The van der Waals surface area contributed by atoms with Gasteiger partial charge >= 0.3 is 0 Å². The Morgan fingerprint density at radius 3 is 2.29 bits per heavy atom. The normalized spacial score (nSPS) is 10.4. The fraction of sp³-hybridized carbons (Fsp3) is 0.125. The number of aromatic amines is 1. The van der Waals surface area contributed by atoms with E-state index in [0.29, 0.717) is 0 Å². The summed E-state index contributed by atoms with van der Waals surface area (Å²) in [6, 6.07) is 13.9. The van der Waals surface area contributed by atoms with Gasteiger partial charge in [-0.2, -0.15) is 15.4 Å². The SMILES string of the molecule is COc1ccc(-c2ccc(-c3cn[nH]n3)cc2)c(OC)c1. The number of ether oxygens (including phenoxy) is 2. The lowest BCUT2D eigenvalue weighted by molar-refractivity contribution is 0.395. The number of aromatic nitrogens is 3. The van der Waals surface area contributed by atoms with Crippen LogP contribution in [0.5, 0.6) is 11.5 Å². The Bertz CT molecular complexity index is 722. The van der Waals surface area contributed by atoms with Gasteiger partial charge in [-0.15, -0.1) is 0 Å². The first-order chi connectivity index (χ1) is 10.3. The Kier molecular flexibility index (Phi) is 3.55. The van der Waals surface area contributed by atoms with Crippen LogP contribution in [0.15, 0.2) is 48.7 Å². The zero-order valence-corrected chi connectivity index (χ0v) is 11.8. The van der Waals surface area contributed by atoms with Gasteiger partial charge in [0.05, 0.1) is 20.4 Å². The van der Waals surface area contributed by atoms with Gasteiger partial charge in [-0.05, 0) is 17.7 Å². The van der Waals surface area contributed by atoms with Crippen LogP contribution in [0.2, 0.25) is 0 Å². The Morgan fingerprint density at radius 1 is 0.905 bits per heavy atom. The van der Waals surface area contributed by atoms with Crippen LogP contribution in [0.1, 0.15) is 0 Å². The van der Waals surface area contributed by atoms with E-state index in [-0.39, 0.29) is 0 Å². The van der Waals surface area contributed by atoms with Crippen LogP contribution in [0, 0.1) is 0 Å². The molecule has 0 atom stereocenters. The highest BCUT2D eigenvalue weighted by molar-refractivity contribution is 5.74. The zero-order chi connectivity index (χ0) is 14.7. The highest BCUT2D eigenvalue weighted by Crippen LogP contribution is 2.34. The molecule has 0 saturated carbocycles. The molecule has 0 unspecified atom stereocenters. The third-order valence-corrected chi connectivity index (χ3v) is 3.32. The number of H-pyrrole nitrogens is 1. The van der Waals surface area contributed by atoms with Gasteiger partial charge in [0.2, 0.25) is 0 Å². The van der Waals surface area contributed by atoms with Gasteiger partial charge in [0.1, 0.15) is 17.2 Å². The smallest absolute Gasteiger partial charge is 0.130 e. The molecule has 3 rings (SSSR count). The van der Waals surface area contributed by atoms with Crippen LogP contribution in [0.3, 0.4) is 0 Å². The summed E-state index contributed by atoms with van der Waals surface area (Å²) in [5.74, 6) is 1.55. The maximum absolute atomic E-state index is 5.44. The van der Waals surface area contributed by atoms with Gasteiger partial charge in [0, 0.05) is 17.2 Å². The second kappa shape index (κ2) is 5.66. The molecule has 2 aromatic carbocycles. The van der Waals surface area contributed by atoms with Crippen molar-refractivity contribution in [2.24, 2.45) is 0 Å². The van der Waals surface area contributed by atoms with Crippen molar-refractivity contribution < 1.29 is 9.47 Å². The minimum atomic E-state index is 0.773. The molecule has 5 heteroatoms. The Morgan fingerprint density at radius 2 is 1.67 bits per heavy atom. The number of methoxy groups -OCH3 is 2. The first kappa shape index (κ1) is 13.2. The Labute approximate surface area is 122 Å². The maximum Gasteiger partial charge on any atom is 0.130 e. The fourth-order valence-electron chi connectivity index (χ4n) is 2.20. The van der Waals surface area contributed by atoms with Gasteiger partial charge in [-0.25, -0.2) is 0 Å². The Hall–Kier alpha value is -2.82. The molecule has 0 aliphatic rings. The largest absolute Gasteiger partial charge is 0.497 e. The quantitative estimate of drug-likeness (QED) is 0.798. The van der Waals surface area contributed by atoms with Gasteiger partial charge in [-0.3, -0.25) is 0 Å². The van der Waals surface area contributed by atoms with Crippen LogP contribution in [0.25, 0.3) is 22.4 Å². The second-order valence-corrected chi connectivity index (χ2v) is 4.50. The van der Waals surface area contributed by atoms with E-state index >= 15 is 0 Å². The van der Waals surface area contributed by atoms with Crippen molar-refractivity contribution in [3.05, 3.63) is 48.7 Å². The van der Waals surface area contributed by atoms with Crippen molar-refractivity contribution in [3.63, 3.8) is 0 Å². The van der Waals surface area contributed by atoms with E-state index < -0.39 is 0 Å². The molecule has 0 spiro atoms. The molecular weight excluding hydrogens is 266 g/mol. The topological polar surface area (TPSA) is 60.0 Å². The minimum Gasteiger partial charge on any atom is -0.497 e. The van der Waals surface area contributed by atoms with Crippen LogP contribution < -0.4 is 9.47 Å². The summed E-state index contributed by atoms with van der Waals surface area (Å²) in [6.45, 7) is 0. The van der Waals surface area contributed by atoms with Crippen molar-refractivity contribution in [2.75, 3.05) is 14.2 Å². The number of nitrogens with one attached hydrogen (secondary N) is 1. The summed E-state index contributed by atoms with van der Waals surface area (Å²) in [7, 11) is 3.29. The average Bonchev–Trinajstić information content (AvgIpc) is 3.09. The summed E-state index contributed by atoms with van der Waals surface area (Å²) in [4.78, 5) is 0. The number of hydrogen-bond donors (Lipinski definition) is 1. The number of rotatable bonds is 4. The number of hydrogen-bond acceptors (Lipinski definition) is 4. The predicted molar refractivity (Wildman–Crippen MR) is 80.4 cm³/mol. The van der Waals surface area contributed by atoms with E-state index in [1.807, 2.05) is 42.5 Å². The van der Waals surface area contributed by atoms with Gasteiger partial charge in [0.15, 0.2) is 0 Å². The summed E-state index contributed by atoms with van der Waals surface area (Å²) >= 11 is 0. The zero-order valence-electron chi connectivity index (χ0n) is 11.8. The molecule has 1 aromatic heterocycles. The second-order valence-electron chi connectivity index (χ2n) is 4.50. The molecular formula is C16H15N3O2. The summed E-state index contributed by atoms with van der Waals surface area (Å²) < 4.78 is 10.7. The first-order valence-corrected chi connectivity index (χ1v) is 6.50. The maximum atomic E-state index is 5.44. The highest BCUT2D eigenvalue weighted by atomic mass is 16.5. The van der Waals surface area contributed by atoms with E-state index in [1.54, 1.807) is 20.4 Å². The molecule has 0 amide bonds. The minimum absolute atomic E-state index is 0.773. The Balaban J connectivity index is 1.97. The van der Waals surface area contributed by atoms with E-state index in [4.69, 9.17) is 9.47 Å². The van der Waals surface area contributed by atoms with Crippen molar-refractivity contribution >= 4 is 0 Å². The van der Waals surface area contributed by atoms with E-state index in [1.165, 1.54) is 0 Å². The van der Waals surface area contributed by atoms with Crippen LogP contribution in [-0.4, -0.2) is 29.6 Å². The number of nitrogens with zero attached hydrogens (tertiary/aromatic N) is 2. The number of benzene rings is 2. The molecule has 0 aliphatic carbocycles. The van der Waals surface area contributed by atoms with Crippen LogP contribution >= 0.6 is 0 Å². The molecule has 1 N–H and O–H groups in total. The van der Waals surface area contributed by atoms with Crippen molar-refractivity contribution in [1.29, 1.82) is 0 Å². The summed E-state index contributed by atoms with van der Waals surface area (Å²) in [5.41, 5.74) is 3.93. The van der Waals surface area contributed by atoms with Crippen LogP contribution in [-0.2, 0) is 0 Å². The lowest BCUT2D eigenvalue weighted by Crippen LogP contribution is -1.90. The molecule has 21 heavy (non-hydrogen) atoms. The van der Waals surface area contributed by atoms with Crippen molar-refractivity contribution in [2.45, 2.75) is 0 Å². The fourth-order valence-corrected chi connectivity index (χ4v) is 2.20. The highest BCUT2D eigenvalue weighted by Gasteiger charge is 2.08. The predicted octanol–water partition coefficient (Wildman–Crippen LogP) is 3.16. The first-order valence-electron chi connectivity index (χ1n) is 6.50. The molecule has 0 fully saturated rings. The van der Waals surface area contributed by atoms with Gasteiger partial charge in [-0.1, -0.05) is 24.3 Å². The summed E-state index contributed by atoms with van der Waals surface area (Å²) in [5, 5.41) is 10.5. The van der Waals surface area contributed by atoms with Crippen LogP contribution in [0.4, 0.5) is 0 Å². The lowest BCUT2D eigenvalue weighted by atomic mass is 10.0. The molecule has 0 radical (unpaired) electrons. The standard InChI is InChI=1S/C16H15N3O2/c1-20-13-7-8-14(16(9-13)21-2)11-3-5-12(6-4-11)15-10-17-19-18-15/h3-10H,1-2H3,(H,17,18,19). The third-order valence-electron chi connectivity index (χ3n) is 3.32. The van der Waals surface area contributed by atoms with Crippen molar-refractivity contribution in [1.82, 2.24) is 15.4 Å². The molecule has 5 nitrogen and oxygen atoms in total. The molecule has 0 bridgehead atoms. The van der Waals surface area contributed by atoms with E-state index in [9.17, 15) is 0 Å².